The number of quaternary nitrogens is 1. The van der Waals surface area contributed by atoms with Gasteiger partial charge in [0.15, 0.2) is 6.04 Å². The summed E-state index contributed by atoms with van der Waals surface area (Å²) in [6, 6.07) is 22.6. The largest absolute Gasteiger partial charge is 0.457 e. The van der Waals surface area contributed by atoms with Gasteiger partial charge in [-0.1, -0.05) is 48.5 Å². The van der Waals surface area contributed by atoms with E-state index in [-0.39, 0.29) is 5.91 Å². The normalized spacial score (nSPS) is 15.1. The number of carbonyl (C=O) groups is 2. The molecule has 0 aliphatic carbocycles. The molecule has 0 fully saturated rings. The highest BCUT2D eigenvalue weighted by molar-refractivity contribution is 6.08. The van der Waals surface area contributed by atoms with E-state index in [2.05, 4.69) is 11.1 Å². The Morgan fingerprint density at radius 1 is 1.03 bits per heavy atom. The first-order chi connectivity index (χ1) is 15.0. The van der Waals surface area contributed by atoms with Gasteiger partial charge in [-0.2, -0.15) is 0 Å². The lowest BCUT2D eigenvalue weighted by Gasteiger charge is -2.19. The molecule has 156 valence electrons. The summed E-state index contributed by atoms with van der Waals surface area (Å²) in [5, 5.41) is 2.91. The van der Waals surface area contributed by atoms with Crippen LogP contribution in [-0.2, 0) is 16.0 Å². The maximum Gasteiger partial charge on any atom is 0.275 e. The lowest BCUT2D eigenvalue weighted by molar-refractivity contribution is -0.402. The zero-order chi connectivity index (χ0) is 21.8. The van der Waals surface area contributed by atoms with Crippen LogP contribution in [0.25, 0.3) is 11.6 Å². The van der Waals surface area contributed by atoms with Gasteiger partial charge >= 0.3 is 0 Å². The summed E-state index contributed by atoms with van der Waals surface area (Å²) in [4.78, 5) is 23.2. The van der Waals surface area contributed by atoms with Gasteiger partial charge in [0.2, 0.25) is 5.91 Å². The minimum atomic E-state index is -0.448. The number of fused-ring (bicyclic) bond motifs is 1. The summed E-state index contributed by atoms with van der Waals surface area (Å²) in [5.41, 5.74) is 13.9. The molecule has 0 bridgehead atoms. The molecule has 0 radical (unpaired) electrons. The topological polar surface area (TPSA) is 109 Å². The number of benzene rings is 3. The van der Waals surface area contributed by atoms with Crippen LogP contribution in [0.1, 0.15) is 23.1 Å². The van der Waals surface area contributed by atoms with Crippen LogP contribution in [0.2, 0.25) is 0 Å². The number of rotatable bonds is 6. The molecule has 1 aliphatic rings. The number of carbonyl (C=O) groups excluding carboxylic acids is 2. The minimum absolute atomic E-state index is 0.00523. The van der Waals surface area contributed by atoms with Crippen LogP contribution in [0.15, 0.2) is 72.8 Å². The summed E-state index contributed by atoms with van der Waals surface area (Å²) >= 11 is 0. The highest BCUT2D eigenvalue weighted by Crippen LogP contribution is 2.33. The van der Waals surface area contributed by atoms with Crippen LogP contribution in [0.4, 0.5) is 5.69 Å². The van der Waals surface area contributed by atoms with Gasteiger partial charge < -0.3 is 21.5 Å². The molecule has 6 heteroatoms. The number of para-hydroxylation sites is 1. The van der Waals surface area contributed by atoms with Crippen molar-refractivity contribution in [3.8, 4) is 11.5 Å². The lowest BCUT2D eigenvalue weighted by atomic mass is 9.95. The molecule has 1 atom stereocenters. The van der Waals surface area contributed by atoms with Crippen LogP contribution in [-0.4, -0.2) is 17.9 Å². The minimum Gasteiger partial charge on any atom is -0.457 e. The van der Waals surface area contributed by atoms with Gasteiger partial charge in [-0.3, -0.25) is 9.59 Å². The second-order valence-electron chi connectivity index (χ2n) is 7.56. The number of nitrogens with two attached hydrogens (primary N) is 1. The van der Waals surface area contributed by atoms with Crippen LogP contribution in [0.5, 0.6) is 11.5 Å². The Balaban J connectivity index is 1.45. The van der Waals surface area contributed by atoms with Crippen molar-refractivity contribution in [3.63, 3.8) is 0 Å². The molecule has 0 unspecified atom stereocenters. The number of primary amides is 1. The Morgan fingerprint density at radius 2 is 1.68 bits per heavy atom. The van der Waals surface area contributed by atoms with Crippen LogP contribution in [0.3, 0.4) is 0 Å². The molecule has 4 rings (SSSR count). The highest BCUT2D eigenvalue weighted by atomic mass is 16.5. The van der Waals surface area contributed by atoms with E-state index in [1.807, 2.05) is 78.9 Å². The predicted octanol–water partition coefficient (Wildman–Crippen LogP) is 3.00. The molecule has 31 heavy (non-hydrogen) atoms. The number of ether oxygens (including phenoxy) is 1. The monoisotopic (exact) mass is 414 g/mol. The molecule has 0 aromatic heterocycles. The van der Waals surface area contributed by atoms with E-state index < -0.39 is 11.9 Å². The number of hydrogen-bond acceptors (Lipinski definition) is 3. The van der Waals surface area contributed by atoms with Crippen molar-refractivity contribution in [2.24, 2.45) is 5.73 Å². The van der Waals surface area contributed by atoms with E-state index in [1.165, 1.54) is 0 Å². The van der Waals surface area contributed by atoms with Crippen molar-refractivity contribution in [1.82, 2.24) is 0 Å². The summed E-state index contributed by atoms with van der Waals surface area (Å²) < 4.78 is 5.91. The van der Waals surface area contributed by atoms with E-state index in [4.69, 9.17) is 10.5 Å². The number of hydrogen-bond donors (Lipinski definition) is 3. The van der Waals surface area contributed by atoms with Crippen molar-refractivity contribution in [1.29, 1.82) is 0 Å². The van der Waals surface area contributed by atoms with Crippen molar-refractivity contribution in [3.05, 3.63) is 89.5 Å². The fraction of sp³-hybridized carbons (Fsp3) is 0.120. The Kier molecular flexibility index (Phi) is 5.82. The molecule has 1 aliphatic heterocycles. The molecule has 3 aromatic rings. The molecule has 0 spiro atoms. The smallest absolute Gasteiger partial charge is 0.275 e. The number of anilines is 1. The van der Waals surface area contributed by atoms with Crippen molar-refractivity contribution in [2.45, 2.75) is 18.9 Å². The summed E-state index contributed by atoms with van der Waals surface area (Å²) in [7, 11) is 0. The fourth-order valence-electron chi connectivity index (χ4n) is 3.51. The summed E-state index contributed by atoms with van der Waals surface area (Å²) in [6.45, 7) is 0. The van der Waals surface area contributed by atoms with Crippen molar-refractivity contribution >= 4 is 29.2 Å². The van der Waals surface area contributed by atoms with Gasteiger partial charge in [-0.25, -0.2) is 0 Å². The lowest BCUT2D eigenvalue weighted by Crippen LogP contribution is -2.67. The maximum absolute atomic E-state index is 12.0. The Hall–Kier alpha value is -3.90. The van der Waals surface area contributed by atoms with E-state index >= 15 is 0 Å². The average Bonchev–Trinajstić information content (AvgIpc) is 2.76. The van der Waals surface area contributed by atoms with Crippen molar-refractivity contribution in [2.75, 3.05) is 5.32 Å². The van der Waals surface area contributed by atoms with E-state index in [1.54, 1.807) is 0 Å². The number of nitrogens with one attached hydrogen (secondary N) is 1. The van der Waals surface area contributed by atoms with E-state index in [0.717, 1.165) is 28.0 Å². The third-order valence-electron chi connectivity index (χ3n) is 5.16. The third-order valence-corrected chi connectivity index (χ3v) is 5.16. The Morgan fingerprint density at radius 3 is 2.35 bits per heavy atom. The van der Waals surface area contributed by atoms with E-state index in [9.17, 15) is 9.59 Å². The molecule has 0 saturated carbocycles. The molecule has 1 heterocycles. The number of amides is 2. The summed E-state index contributed by atoms with van der Waals surface area (Å²) in [5.74, 6) is 0.998. The zero-order valence-corrected chi connectivity index (χ0v) is 17.0. The second-order valence-corrected chi connectivity index (χ2v) is 7.56. The second kappa shape index (κ2) is 8.85. The molecular weight excluding hydrogens is 390 g/mol. The van der Waals surface area contributed by atoms with E-state index in [0.29, 0.717) is 24.3 Å². The first-order valence-corrected chi connectivity index (χ1v) is 10.1. The van der Waals surface area contributed by atoms with Gasteiger partial charge in [0.25, 0.3) is 5.91 Å². The zero-order valence-electron chi connectivity index (χ0n) is 17.0. The molecular formula is C25H24N3O3+. The van der Waals surface area contributed by atoms with Crippen LogP contribution >= 0.6 is 0 Å². The quantitative estimate of drug-likeness (QED) is 0.577. The van der Waals surface area contributed by atoms with Gasteiger partial charge in [0.1, 0.15) is 11.5 Å². The Labute approximate surface area is 180 Å². The Bertz CT molecular complexity index is 1140. The van der Waals surface area contributed by atoms with Gasteiger partial charge in [0.05, 0.1) is 6.42 Å². The third kappa shape index (κ3) is 4.99. The first kappa shape index (κ1) is 20.4. The average molecular weight is 414 g/mol. The van der Waals surface area contributed by atoms with Gasteiger partial charge in [0, 0.05) is 17.7 Å². The summed E-state index contributed by atoms with van der Waals surface area (Å²) in [6.07, 6.45) is 2.88. The fourth-order valence-corrected chi connectivity index (χ4v) is 3.51. The van der Waals surface area contributed by atoms with Gasteiger partial charge in [-0.05, 0) is 47.0 Å². The highest BCUT2D eigenvalue weighted by Gasteiger charge is 2.18. The standard InChI is InChI=1S/C25H23N3O3/c26-22(25(27)30)14-17-7-11-20(12-8-17)31-19-9-5-16(6-10-19)13-18-15-24(29)28-23-4-2-1-3-21(18)23/h1-13,22H,14-15,26H2,(H2,27,30)(H,28,29)/p+1/b18-13-/t22-/m0/s1. The molecule has 6 nitrogen and oxygen atoms in total. The predicted molar refractivity (Wildman–Crippen MR) is 120 cm³/mol. The first-order valence-electron chi connectivity index (χ1n) is 10.1. The van der Waals surface area contributed by atoms with Crippen LogP contribution in [0, 0.1) is 0 Å². The SMILES string of the molecule is NC(=O)[C@@H]([NH3+])Cc1ccc(Oc2ccc(/C=C3/CC(=O)Nc4ccccc43)cc2)cc1. The van der Waals surface area contributed by atoms with Gasteiger partial charge in [-0.15, -0.1) is 0 Å². The van der Waals surface area contributed by atoms with Crippen molar-refractivity contribution < 1.29 is 20.1 Å². The molecule has 3 aromatic carbocycles. The van der Waals surface area contributed by atoms with Crippen LogP contribution < -0.4 is 21.5 Å². The maximum atomic E-state index is 12.0. The molecule has 6 N–H and O–H groups in total. The molecule has 2 amide bonds. The molecule has 0 saturated heterocycles.